The lowest BCUT2D eigenvalue weighted by Crippen LogP contribution is -2.41. The van der Waals surface area contributed by atoms with Gasteiger partial charge in [-0.25, -0.2) is 24.5 Å². The largest absolute Gasteiger partial charge is 0.477 e. The molecule has 0 spiro atoms. The molecule has 0 aromatic carbocycles. The molecule has 1 aliphatic rings. The van der Waals surface area contributed by atoms with Gasteiger partial charge in [-0.05, 0) is 63.9 Å². The monoisotopic (exact) mass is 674 g/mol. The number of rotatable bonds is 13. The molecule has 3 N–H and O–H groups in total. The Bertz CT molecular complexity index is 1820. The van der Waals surface area contributed by atoms with Gasteiger partial charge in [0.2, 0.25) is 5.43 Å². The summed E-state index contributed by atoms with van der Waals surface area (Å²) in [6.45, 7) is 16.5. The minimum absolute atomic E-state index is 0.0263. The van der Waals surface area contributed by atoms with E-state index < -0.39 is 11.4 Å². The van der Waals surface area contributed by atoms with Crippen molar-refractivity contribution in [2.24, 2.45) is 5.92 Å². The number of fused-ring (bicyclic) bond motifs is 1. The number of aromatic nitrogens is 4. The maximum atomic E-state index is 13.7. The number of carbonyl (C=O) groups is 2. The van der Waals surface area contributed by atoms with Crippen LogP contribution in [-0.4, -0.2) is 92.2 Å². The topological polar surface area (TPSA) is 146 Å². The number of likely N-dealkylation sites (tertiary alicyclic amines) is 1. The Balaban J connectivity index is 1.58. The van der Waals surface area contributed by atoms with Crippen molar-refractivity contribution in [3.63, 3.8) is 0 Å². The molecule has 1 saturated heterocycles. The van der Waals surface area contributed by atoms with E-state index in [0.717, 1.165) is 74.8 Å². The van der Waals surface area contributed by atoms with E-state index in [0.29, 0.717) is 35.1 Å². The summed E-state index contributed by atoms with van der Waals surface area (Å²) in [5.41, 5.74) is 2.57. The van der Waals surface area contributed by atoms with Crippen LogP contribution in [0.4, 0.5) is 10.6 Å². The van der Waals surface area contributed by atoms with E-state index in [4.69, 9.17) is 9.97 Å². The molecule has 0 aliphatic carbocycles. The molecule has 2 amide bonds. The summed E-state index contributed by atoms with van der Waals surface area (Å²) in [5, 5.41) is 18.6. The molecule has 48 heavy (non-hydrogen) atoms. The maximum Gasteiger partial charge on any atom is 0.341 e. The van der Waals surface area contributed by atoms with Crippen molar-refractivity contribution < 1.29 is 14.7 Å². The standard InChI is InChI=1S/C35H46N8O4S/c1-6-36-35(47)40-30-16-26(33-39-24(21-48-33)14-22(4)5)28(18-37-30)23-15-27-31(44)29(34(45)46)20-43(32(27)38-17-23)25-10-9-11-42(19-25)13-12-41(7-2)8-3/h15-18,20-22,25H,6-14,19H2,1-5H3,(H,45,46)(H2,36,37,40,47)/t25-/m0/s1. The van der Waals surface area contributed by atoms with Gasteiger partial charge in [-0.15, -0.1) is 11.3 Å². The molecular formula is C35H46N8O4S. The van der Waals surface area contributed by atoms with Crippen LogP contribution in [0.1, 0.15) is 69.6 Å². The summed E-state index contributed by atoms with van der Waals surface area (Å²) in [6, 6.07) is 3.09. The van der Waals surface area contributed by atoms with Crippen LogP contribution < -0.4 is 16.1 Å². The number of pyridine rings is 3. The number of carboxylic acids is 1. The van der Waals surface area contributed by atoms with E-state index >= 15 is 0 Å². The van der Waals surface area contributed by atoms with Gasteiger partial charge in [0.1, 0.15) is 22.0 Å². The molecule has 4 aromatic heterocycles. The number of piperidine rings is 1. The number of carbonyl (C=O) groups excluding carboxylic acids is 1. The fourth-order valence-corrected chi connectivity index (χ4v) is 7.15. The van der Waals surface area contributed by atoms with Crippen LogP contribution in [0.3, 0.4) is 0 Å². The van der Waals surface area contributed by atoms with Crippen molar-refractivity contribution in [3.05, 3.63) is 57.6 Å². The number of carboxylic acid groups (broad SMARTS) is 1. The molecule has 0 bridgehead atoms. The van der Waals surface area contributed by atoms with Crippen molar-refractivity contribution in [2.45, 2.75) is 59.9 Å². The van der Waals surface area contributed by atoms with Crippen molar-refractivity contribution in [1.82, 2.24) is 34.6 Å². The Hall–Kier alpha value is -4.20. The zero-order chi connectivity index (χ0) is 34.4. The number of nitrogens with zero attached hydrogens (tertiary/aromatic N) is 6. The predicted molar refractivity (Wildman–Crippen MR) is 191 cm³/mol. The van der Waals surface area contributed by atoms with Crippen LogP contribution in [0.25, 0.3) is 32.7 Å². The van der Waals surface area contributed by atoms with Crippen LogP contribution in [-0.2, 0) is 6.42 Å². The Labute approximate surface area is 285 Å². The molecule has 1 aliphatic heterocycles. The zero-order valence-corrected chi connectivity index (χ0v) is 29.3. The van der Waals surface area contributed by atoms with E-state index in [1.54, 1.807) is 24.5 Å². The van der Waals surface area contributed by atoms with Gasteiger partial charge in [0.05, 0.1) is 11.1 Å². The normalized spacial score (nSPS) is 15.4. The fraction of sp³-hybridized carbons (Fsp3) is 0.486. The first-order valence-corrected chi connectivity index (χ1v) is 17.7. The number of aromatic carboxylic acids is 1. The molecular weight excluding hydrogens is 629 g/mol. The molecule has 5 rings (SSSR count). The fourth-order valence-electron chi connectivity index (χ4n) is 6.29. The van der Waals surface area contributed by atoms with Crippen molar-refractivity contribution in [1.29, 1.82) is 0 Å². The minimum Gasteiger partial charge on any atom is -0.477 e. The lowest BCUT2D eigenvalue weighted by Gasteiger charge is -2.35. The number of thiazole rings is 1. The van der Waals surface area contributed by atoms with E-state index in [1.165, 1.54) is 17.5 Å². The Kier molecular flexibility index (Phi) is 11.6. The van der Waals surface area contributed by atoms with Gasteiger partial charge in [-0.3, -0.25) is 10.1 Å². The van der Waals surface area contributed by atoms with Crippen LogP contribution in [0, 0.1) is 5.92 Å². The number of hydrogen-bond donors (Lipinski definition) is 3. The second-order valence-electron chi connectivity index (χ2n) is 12.6. The van der Waals surface area contributed by atoms with Gasteiger partial charge in [0, 0.05) is 72.9 Å². The number of likely N-dealkylation sites (N-methyl/N-ethyl adjacent to an activating group) is 1. The van der Waals surface area contributed by atoms with Crippen LogP contribution in [0.2, 0.25) is 0 Å². The molecule has 13 heteroatoms. The second kappa shape index (κ2) is 15.8. The quantitative estimate of drug-likeness (QED) is 0.165. The van der Waals surface area contributed by atoms with Crippen molar-refractivity contribution in [2.75, 3.05) is 51.1 Å². The second-order valence-corrected chi connectivity index (χ2v) is 13.5. The summed E-state index contributed by atoms with van der Waals surface area (Å²) < 4.78 is 1.89. The summed E-state index contributed by atoms with van der Waals surface area (Å²) in [6.07, 6.45) is 7.47. The lowest BCUT2D eigenvalue weighted by atomic mass is 10.0. The van der Waals surface area contributed by atoms with Gasteiger partial charge in [-0.1, -0.05) is 27.7 Å². The molecule has 4 aromatic rings. The summed E-state index contributed by atoms with van der Waals surface area (Å²) >= 11 is 1.50. The van der Waals surface area contributed by atoms with Gasteiger partial charge in [-0.2, -0.15) is 0 Å². The summed E-state index contributed by atoms with van der Waals surface area (Å²) in [7, 11) is 0. The number of amides is 2. The number of nitrogens with one attached hydrogen (secondary N) is 2. The SMILES string of the molecule is CCNC(=O)Nc1cc(-c2nc(CC(C)C)cs2)c(-c2cnc3c(c2)c(=O)c(C(=O)O)cn3[C@H]2CCCN(CCN(CC)CC)C2)cn1. The zero-order valence-electron chi connectivity index (χ0n) is 28.5. The first-order chi connectivity index (χ1) is 23.1. The molecule has 12 nitrogen and oxygen atoms in total. The summed E-state index contributed by atoms with van der Waals surface area (Å²) in [5.74, 6) is -0.480. The number of hydrogen-bond acceptors (Lipinski definition) is 9. The van der Waals surface area contributed by atoms with Crippen LogP contribution >= 0.6 is 11.3 Å². The van der Waals surface area contributed by atoms with E-state index in [-0.39, 0.29) is 23.0 Å². The van der Waals surface area contributed by atoms with Gasteiger partial charge in [0.15, 0.2) is 0 Å². The molecule has 1 fully saturated rings. The van der Waals surface area contributed by atoms with Crippen LogP contribution in [0.15, 0.2) is 40.9 Å². The Morgan fingerprint density at radius 1 is 1.12 bits per heavy atom. The van der Waals surface area contributed by atoms with Crippen molar-refractivity contribution in [3.8, 4) is 21.7 Å². The third-order valence-electron chi connectivity index (χ3n) is 8.79. The van der Waals surface area contributed by atoms with E-state index in [1.807, 2.05) is 16.9 Å². The highest BCUT2D eigenvalue weighted by Gasteiger charge is 2.26. The number of urea groups is 1. The third-order valence-corrected chi connectivity index (χ3v) is 9.72. The lowest BCUT2D eigenvalue weighted by molar-refractivity contribution is 0.0694. The highest BCUT2D eigenvalue weighted by atomic mass is 32.1. The molecule has 1 atom stereocenters. The maximum absolute atomic E-state index is 13.7. The van der Waals surface area contributed by atoms with Gasteiger partial charge >= 0.3 is 12.0 Å². The number of anilines is 1. The molecule has 0 saturated carbocycles. The average molecular weight is 675 g/mol. The first-order valence-electron chi connectivity index (χ1n) is 16.8. The highest BCUT2D eigenvalue weighted by Crippen LogP contribution is 2.36. The molecule has 0 unspecified atom stereocenters. The third kappa shape index (κ3) is 8.08. The van der Waals surface area contributed by atoms with E-state index in [2.05, 4.69) is 53.1 Å². The Morgan fingerprint density at radius 3 is 2.62 bits per heavy atom. The summed E-state index contributed by atoms with van der Waals surface area (Å²) in [4.78, 5) is 57.3. The molecule has 5 heterocycles. The smallest absolute Gasteiger partial charge is 0.341 e. The predicted octanol–water partition coefficient (Wildman–Crippen LogP) is 5.60. The minimum atomic E-state index is -1.26. The Morgan fingerprint density at radius 2 is 1.92 bits per heavy atom. The first kappa shape index (κ1) is 35.1. The molecule has 0 radical (unpaired) electrons. The van der Waals surface area contributed by atoms with Crippen molar-refractivity contribution >= 4 is 40.2 Å². The van der Waals surface area contributed by atoms with Gasteiger partial charge in [0.25, 0.3) is 0 Å². The molecule has 256 valence electrons. The average Bonchev–Trinajstić information content (AvgIpc) is 3.53. The van der Waals surface area contributed by atoms with Crippen LogP contribution in [0.5, 0.6) is 0 Å². The van der Waals surface area contributed by atoms with E-state index in [9.17, 15) is 19.5 Å². The highest BCUT2D eigenvalue weighted by molar-refractivity contribution is 7.13. The van der Waals surface area contributed by atoms with Gasteiger partial charge < -0.3 is 24.8 Å².